The van der Waals surface area contributed by atoms with E-state index in [1.165, 1.54) is 6.20 Å². The van der Waals surface area contributed by atoms with Crippen LogP contribution in [0.3, 0.4) is 0 Å². The molecule has 0 aliphatic heterocycles. The molecule has 2 heterocycles. The maximum absolute atomic E-state index is 13.3. The summed E-state index contributed by atoms with van der Waals surface area (Å²) < 4.78 is 26.0. The Bertz CT molecular complexity index is 977. The number of hydrogen-bond donors (Lipinski definition) is 1. The molecule has 11 heteroatoms. The van der Waals surface area contributed by atoms with Gasteiger partial charge in [-0.05, 0) is 56.1 Å². The van der Waals surface area contributed by atoms with Gasteiger partial charge < -0.3 is 19.5 Å². The summed E-state index contributed by atoms with van der Waals surface area (Å²) in [5.74, 6) is 0.793. The molecule has 0 bridgehead atoms. The zero-order chi connectivity index (χ0) is 25.4. The molecule has 0 radical (unpaired) electrons. The Hall–Kier alpha value is -3.24. The van der Waals surface area contributed by atoms with Crippen molar-refractivity contribution in [2.45, 2.75) is 58.2 Å². The topological polar surface area (TPSA) is 120 Å². The van der Waals surface area contributed by atoms with E-state index in [4.69, 9.17) is 14.6 Å². The van der Waals surface area contributed by atoms with Crippen molar-refractivity contribution in [1.82, 2.24) is 24.9 Å². The van der Waals surface area contributed by atoms with Crippen LogP contribution in [-0.4, -0.2) is 68.4 Å². The maximum Gasteiger partial charge on any atom is 0.409 e. The van der Waals surface area contributed by atoms with Gasteiger partial charge in [0.25, 0.3) is 0 Å². The molecule has 2 aromatic rings. The molecule has 10 nitrogen and oxygen atoms in total. The van der Waals surface area contributed by atoms with Crippen molar-refractivity contribution in [1.29, 1.82) is 0 Å². The lowest BCUT2D eigenvalue weighted by Crippen LogP contribution is -2.37. The molecule has 2 aromatic heterocycles. The van der Waals surface area contributed by atoms with Crippen molar-refractivity contribution in [2.75, 3.05) is 20.3 Å². The minimum Gasteiger partial charge on any atom is -0.486 e. The second-order valence-electron chi connectivity index (χ2n) is 9.30. The molecular weight excluding hydrogens is 457 g/mol. The van der Waals surface area contributed by atoms with Crippen LogP contribution in [0.5, 0.6) is 5.75 Å². The molecular formula is C24H34FN5O5. The SMILES string of the molecule is CC1CC(CN(C)C(=O)OCc2c(-c3ccc(O[C@H](CF)CCCCC(=O)O)cn3)nnn2C)C1. The van der Waals surface area contributed by atoms with Crippen LogP contribution in [0.25, 0.3) is 11.4 Å². The summed E-state index contributed by atoms with van der Waals surface area (Å²) in [5, 5.41) is 16.9. The smallest absolute Gasteiger partial charge is 0.409 e. The van der Waals surface area contributed by atoms with Crippen LogP contribution >= 0.6 is 0 Å². The van der Waals surface area contributed by atoms with Gasteiger partial charge in [0.15, 0.2) is 0 Å². The standard InChI is InChI=1S/C24H34FN5O5/c1-16-10-17(11-16)14-29(2)24(33)34-15-21-23(27-28-30(21)3)20-9-8-19(13-26-20)35-18(12-25)6-4-5-7-22(31)32/h8-9,13,16-18H,4-7,10-12,14-15H2,1-3H3,(H,31,32)/t16?,17?,18-/m0/s1. The Kier molecular flexibility index (Phi) is 9.39. The number of carboxylic acid groups (broad SMARTS) is 1. The summed E-state index contributed by atoms with van der Waals surface area (Å²) in [5.41, 5.74) is 1.61. The highest BCUT2D eigenvalue weighted by molar-refractivity contribution is 5.67. The van der Waals surface area contributed by atoms with E-state index >= 15 is 0 Å². The minimum atomic E-state index is -0.865. The van der Waals surface area contributed by atoms with E-state index in [0.717, 1.165) is 18.8 Å². The third kappa shape index (κ3) is 7.63. The molecule has 1 aliphatic rings. The number of aromatic nitrogens is 4. The molecule has 0 aromatic carbocycles. The average molecular weight is 492 g/mol. The van der Waals surface area contributed by atoms with Crippen LogP contribution < -0.4 is 4.74 Å². The number of nitrogens with zero attached hydrogens (tertiary/aromatic N) is 5. The number of alkyl halides is 1. The molecule has 1 N–H and O–H groups in total. The zero-order valence-corrected chi connectivity index (χ0v) is 20.5. The van der Waals surface area contributed by atoms with Gasteiger partial charge in [0.05, 0.1) is 11.9 Å². The van der Waals surface area contributed by atoms with Gasteiger partial charge >= 0.3 is 12.1 Å². The van der Waals surface area contributed by atoms with E-state index in [9.17, 15) is 14.0 Å². The number of unbranched alkanes of at least 4 members (excludes halogenated alkanes) is 1. The highest BCUT2D eigenvalue weighted by atomic mass is 19.1. The number of amides is 1. The quantitative estimate of drug-likeness (QED) is 0.420. The molecule has 3 rings (SSSR count). The number of carboxylic acids is 1. The number of hydrogen-bond acceptors (Lipinski definition) is 7. The number of aliphatic carboxylic acids is 1. The predicted octanol–water partition coefficient (Wildman–Crippen LogP) is 3.85. The summed E-state index contributed by atoms with van der Waals surface area (Å²) in [6, 6.07) is 3.36. The number of pyridine rings is 1. The highest BCUT2D eigenvalue weighted by Crippen LogP contribution is 2.33. The molecule has 1 amide bonds. The first-order valence-corrected chi connectivity index (χ1v) is 11.9. The lowest BCUT2D eigenvalue weighted by Gasteiger charge is -2.35. The first kappa shape index (κ1) is 26.4. The second kappa shape index (κ2) is 12.5. The Morgan fingerprint density at radius 1 is 1.31 bits per heavy atom. The van der Waals surface area contributed by atoms with Crippen molar-refractivity contribution >= 4 is 12.1 Å². The fraction of sp³-hybridized carbons (Fsp3) is 0.625. The van der Waals surface area contributed by atoms with Gasteiger partial charge in [-0.15, -0.1) is 5.10 Å². The summed E-state index contributed by atoms with van der Waals surface area (Å²) >= 11 is 0. The van der Waals surface area contributed by atoms with E-state index in [0.29, 0.717) is 54.6 Å². The minimum absolute atomic E-state index is 0.00325. The molecule has 35 heavy (non-hydrogen) atoms. The van der Waals surface area contributed by atoms with Gasteiger partial charge in [-0.1, -0.05) is 12.1 Å². The van der Waals surface area contributed by atoms with Gasteiger partial charge in [-0.2, -0.15) is 0 Å². The molecule has 0 saturated heterocycles. The van der Waals surface area contributed by atoms with Gasteiger partial charge in [0.2, 0.25) is 0 Å². The summed E-state index contributed by atoms with van der Waals surface area (Å²) in [6.45, 7) is 2.22. The average Bonchev–Trinajstić information content (AvgIpc) is 3.18. The van der Waals surface area contributed by atoms with Crippen LogP contribution in [0.1, 0.15) is 51.1 Å². The fourth-order valence-electron chi connectivity index (χ4n) is 4.26. The van der Waals surface area contributed by atoms with Crippen molar-refractivity contribution in [3.8, 4) is 17.1 Å². The number of carbonyl (C=O) groups excluding carboxylic acids is 1. The third-order valence-corrected chi connectivity index (χ3v) is 6.21. The van der Waals surface area contributed by atoms with E-state index in [1.54, 1.807) is 35.8 Å². The fourth-order valence-corrected chi connectivity index (χ4v) is 4.26. The number of halogens is 1. The second-order valence-corrected chi connectivity index (χ2v) is 9.30. The molecule has 0 spiro atoms. The third-order valence-electron chi connectivity index (χ3n) is 6.21. The molecule has 1 atom stereocenters. The normalized spacial score (nSPS) is 17.9. The number of ether oxygens (including phenoxy) is 2. The molecule has 192 valence electrons. The van der Waals surface area contributed by atoms with Gasteiger partial charge in [0.1, 0.15) is 36.5 Å². The van der Waals surface area contributed by atoms with Crippen molar-refractivity contribution in [3.63, 3.8) is 0 Å². The number of carbonyl (C=O) groups is 2. The Morgan fingerprint density at radius 3 is 2.71 bits per heavy atom. The van der Waals surface area contributed by atoms with Crippen LogP contribution in [0, 0.1) is 11.8 Å². The Labute approximate surface area is 204 Å². The van der Waals surface area contributed by atoms with Crippen LogP contribution in [0.15, 0.2) is 18.3 Å². The first-order valence-electron chi connectivity index (χ1n) is 11.9. The van der Waals surface area contributed by atoms with Gasteiger partial charge in [-0.3, -0.25) is 9.78 Å². The lowest BCUT2D eigenvalue weighted by molar-refractivity contribution is -0.137. The van der Waals surface area contributed by atoms with E-state index in [1.807, 2.05) is 0 Å². The first-order chi connectivity index (χ1) is 16.8. The Balaban J connectivity index is 1.54. The molecule has 0 unspecified atom stereocenters. The van der Waals surface area contributed by atoms with Crippen molar-refractivity contribution in [3.05, 3.63) is 24.0 Å². The van der Waals surface area contributed by atoms with E-state index < -0.39 is 24.8 Å². The molecule has 1 aliphatic carbocycles. The number of aryl methyl sites for hydroxylation is 1. The van der Waals surface area contributed by atoms with Crippen LogP contribution in [0.4, 0.5) is 9.18 Å². The van der Waals surface area contributed by atoms with E-state index in [-0.39, 0.29) is 13.0 Å². The largest absolute Gasteiger partial charge is 0.486 e. The van der Waals surface area contributed by atoms with Crippen molar-refractivity contribution < 1.29 is 28.6 Å². The summed E-state index contributed by atoms with van der Waals surface area (Å²) in [4.78, 5) is 29.0. The predicted molar refractivity (Wildman–Crippen MR) is 125 cm³/mol. The van der Waals surface area contributed by atoms with Gasteiger partial charge in [-0.25, -0.2) is 13.9 Å². The van der Waals surface area contributed by atoms with Crippen molar-refractivity contribution in [2.24, 2.45) is 18.9 Å². The van der Waals surface area contributed by atoms with Crippen LogP contribution in [-0.2, 0) is 23.2 Å². The van der Waals surface area contributed by atoms with Crippen LogP contribution in [0.2, 0.25) is 0 Å². The van der Waals surface area contributed by atoms with Gasteiger partial charge in [0, 0.05) is 27.1 Å². The number of rotatable bonds is 13. The molecule has 1 saturated carbocycles. The zero-order valence-electron chi connectivity index (χ0n) is 20.5. The maximum atomic E-state index is 13.3. The van der Waals surface area contributed by atoms with E-state index in [2.05, 4.69) is 22.2 Å². The molecule has 1 fully saturated rings. The highest BCUT2D eigenvalue weighted by Gasteiger charge is 2.28. The monoisotopic (exact) mass is 491 g/mol. The summed E-state index contributed by atoms with van der Waals surface area (Å²) in [6.07, 6.45) is 4.20. The summed E-state index contributed by atoms with van der Waals surface area (Å²) in [7, 11) is 3.46. The Morgan fingerprint density at radius 2 is 2.09 bits per heavy atom. The lowest BCUT2D eigenvalue weighted by atomic mass is 9.76.